The van der Waals surface area contributed by atoms with Gasteiger partial charge in [0.1, 0.15) is 10.7 Å². The molecule has 9 nitrogen and oxygen atoms in total. The van der Waals surface area contributed by atoms with Crippen molar-refractivity contribution in [2.45, 2.75) is 42.7 Å². The number of carbonyl (C=O) groups is 1. The van der Waals surface area contributed by atoms with Crippen molar-refractivity contribution in [1.29, 1.82) is 0 Å². The summed E-state index contributed by atoms with van der Waals surface area (Å²) in [5, 5.41) is 0.196. The van der Waals surface area contributed by atoms with Gasteiger partial charge in [-0.25, -0.2) is 13.4 Å². The molecule has 3 heterocycles. The van der Waals surface area contributed by atoms with Crippen molar-refractivity contribution in [2.24, 2.45) is 11.7 Å². The Labute approximate surface area is 249 Å². The van der Waals surface area contributed by atoms with E-state index in [1.807, 2.05) is 23.1 Å². The first-order valence-corrected chi connectivity index (χ1v) is 15.8. The van der Waals surface area contributed by atoms with Crippen LogP contribution < -0.4 is 5.73 Å². The number of halogens is 3. The third-order valence-corrected chi connectivity index (χ3v) is 10.8. The highest BCUT2D eigenvalue weighted by atomic mass is 35.5. The summed E-state index contributed by atoms with van der Waals surface area (Å²) in [7, 11) is -2.35. The molecule has 216 valence electrons. The molecular weight excluding hydrogens is 597 g/mol. The topological polar surface area (TPSA) is 111 Å². The Balaban J connectivity index is 1.34. The zero-order valence-electron chi connectivity index (χ0n) is 22.1. The van der Waals surface area contributed by atoms with E-state index in [9.17, 15) is 13.2 Å². The van der Waals surface area contributed by atoms with Crippen LogP contribution in [0.3, 0.4) is 0 Å². The van der Waals surface area contributed by atoms with E-state index in [1.165, 1.54) is 16.4 Å². The monoisotopic (exact) mass is 627 g/mol. The van der Waals surface area contributed by atoms with Crippen molar-refractivity contribution in [3.63, 3.8) is 0 Å². The molecule has 2 saturated heterocycles. The van der Waals surface area contributed by atoms with Gasteiger partial charge in [0, 0.05) is 58.4 Å². The molecule has 0 saturated carbocycles. The number of hydrogen-bond donors (Lipinski definition) is 1. The number of hydrogen-bond acceptors (Lipinski definition) is 6. The highest BCUT2D eigenvalue weighted by molar-refractivity contribution is 7.89. The van der Waals surface area contributed by atoms with Gasteiger partial charge in [-0.15, -0.1) is 0 Å². The molecule has 2 aliphatic heterocycles. The number of para-hydroxylation sites is 2. The van der Waals surface area contributed by atoms with Crippen LogP contribution >= 0.6 is 34.8 Å². The van der Waals surface area contributed by atoms with E-state index in [0.29, 0.717) is 19.7 Å². The molecule has 3 aromatic rings. The number of nitrogens with zero attached hydrogens (tertiary/aromatic N) is 4. The predicted octanol–water partition coefficient (Wildman–Crippen LogP) is 4.39. The van der Waals surface area contributed by atoms with Crippen LogP contribution in [0.15, 0.2) is 41.3 Å². The molecule has 2 aromatic carbocycles. The van der Waals surface area contributed by atoms with Gasteiger partial charge >= 0.3 is 0 Å². The van der Waals surface area contributed by atoms with Gasteiger partial charge in [0.2, 0.25) is 15.9 Å². The summed E-state index contributed by atoms with van der Waals surface area (Å²) < 4.78 is 35.5. The molecule has 2 fully saturated rings. The van der Waals surface area contributed by atoms with Crippen LogP contribution in [0.25, 0.3) is 11.0 Å². The van der Waals surface area contributed by atoms with Gasteiger partial charge in [0.15, 0.2) is 0 Å². The van der Waals surface area contributed by atoms with Crippen molar-refractivity contribution in [2.75, 3.05) is 39.9 Å². The average Bonchev–Trinajstić information content (AvgIpc) is 3.51. The van der Waals surface area contributed by atoms with Gasteiger partial charge in [0.05, 0.1) is 32.0 Å². The first kappa shape index (κ1) is 29.6. The molecule has 0 aliphatic carbocycles. The van der Waals surface area contributed by atoms with Crippen LogP contribution in [0.5, 0.6) is 0 Å². The number of aryl methyl sites for hydroxylation is 1. The van der Waals surface area contributed by atoms with Crippen LogP contribution in [-0.4, -0.2) is 79.0 Å². The first-order valence-electron chi connectivity index (χ1n) is 13.2. The summed E-state index contributed by atoms with van der Waals surface area (Å²) in [5.41, 5.74) is 8.37. The standard InChI is InChI=1S/C27H32Cl3N5O4S/c1-39-11-5-10-35-24-8-3-2-7-23(24)32-26(35)17-6-4-9-33(14-17)27(36)18-15-34(16-22(18)31)40(37,38)25-13-20(29)19(28)12-21(25)30/h2-3,7-8,12-13,17-18,22H,4-6,9-11,14-16,31H2,1H3/t17?,18-,22-/m1/s1. The highest BCUT2D eigenvalue weighted by Crippen LogP contribution is 2.36. The zero-order valence-corrected chi connectivity index (χ0v) is 25.2. The number of likely N-dealkylation sites (tertiary alicyclic amines) is 1. The molecule has 0 spiro atoms. The fraction of sp³-hybridized carbons (Fsp3) is 0.481. The van der Waals surface area contributed by atoms with Gasteiger partial charge in [-0.3, -0.25) is 4.79 Å². The molecule has 0 bridgehead atoms. The number of benzene rings is 2. The van der Waals surface area contributed by atoms with Crippen molar-refractivity contribution in [3.8, 4) is 0 Å². The fourth-order valence-corrected chi connectivity index (χ4v) is 8.20. The molecule has 0 radical (unpaired) electrons. The number of fused-ring (bicyclic) bond motifs is 1. The second-order valence-electron chi connectivity index (χ2n) is 10.4. The van der Waals surface area contributed by atoms with Crippen molar-refractivity contribution < 1.29 is 17.9 Å². The Morgan fingerprint density at radius 2 is 1.85 bits per heavy atom. The van der Waals surface area contributed by atoms with Gasteiger partial charge in [-0.2, -0.15) is 4.31 Å². The number of sulfonamides is 1. The Bertz CT molecular complexity index is 1520. The second kappa shape index (κ2) is 12.1. The third kappa shape index (κ3) is 5.72. The summed E-state index contributed by atoms with van der Waals surface area (Å²) >= 11 is 18.3. The van der Waals surface area contributed by atoms with E-state index >= 15 is 0 Å². The van der Waals surface area contributed by atoms with Crippen molar-refractivity contribution in [3.05, 3.63) is 57.3 Å². The van der Waals surface area contributed by atoms with Gasteiger partial charge in [-0.1, -0.05) is 46.9 Å². The van der Waals surface area contributed by atoms with Crippen LogP contribution in [0, 0.1) is 5.92 Å². The first-order chi connectivity index (χ1) is 19.1. The van der Waals surface area contributed by atoms with Gasteiger partial charge in [-0.05, 0) is 43.5 Å². The number of ether oxygens (including phenoxy) is 1. The van der Waals surface area contributed by atoms with E-state index in [0.717, 1.165) is 42.7 Å². The number of rotatable bonds is 8. The Morgan fingerprint density at radius 1 is 1.10 bits per heavy atom. The summed E-state index contributed by atoms with van der Waals surface area (Å²) in [6.07, 6.45) is 2.58. The number of carbonyl (C=O) groups excluding carboxylic acids is 1. The third-order valence-electron chi connectivity index (χ3n) is 7.75. The van der Waals surface area contributed by atoms with Gasteiger partial charge in [0.25, 0.3) is 0 Å². The molecule has 3 atom stereocenters. The van der Waals surface area contributed by atoms with Crippen molar-refractivity contribution in [1.82, 2.24) is 18.8 Å². The SMILES string of the molecule is COCCCn1c(C2CCCN(C(=O)[C@@H]3CN(S(=O)(=O)c4cc(Cl)c(Cl)cc4Cl)C[C@H]3N)C2)nc2ccccc21. The summed E-state index contributed by atoms with van der Waals surface area (Å²) in [6.45, 7) is 2.48. The van der Waals surface area contributed by atoms with Crippen LogP contribution in [0.1, 0.15) is 31.0 Å². The minimum atomic E-state index is -4.04. The van der Waals surface area contributed by atoms with E-state index in [4.69, 9.17) is 50.3 Å². The van der Waals surface area contributed by atoms with Crippen molar-refractivity contribution >= 4 is 61.8 Å². The number of nitrogens with two attached hydrogens (primary N) is 1. The quantitative estimate of drug-likeness (QED) is 0.293. The fourth-order valence-electron chi connectivity index (χ4n) is 5.72. The zero-order chi connectivity index (χ0) is 28.6. The summed E-state index contributed by atoms with van der Waals surface area (Å²) in [6, 6.07) is 9.93. The molecule has 2 aliphatic rings. The summed E-state index contributed by atoms with van der Waals surface area (Å²) in [5.74, 6) is 0.205. The van der Waals surface area contributed by atoms with Crippen LogP contribution in [0.4, 0.5) is 0 Å². The molecule has 1 amide bonds. The molecular formula is C27H32Cl3N5O4S. The van der Waals surface area contributed by atoms with Crippen LogP contribution in [-0.2, 0) is 26.1 Å². The molecule has 2 N–H and O–H groups in total. The van der Waals surface area contributed by atoms with Gasteiger partial charge < -0.3 is 19.9 Å². The number of imidazole rings is 1. The maximum atomic E-state index is 13.7. The summed E-state index contributed by atoms with van der Waals surface area (Å²) in [4.78, 5) is 20.4. The van der Waals surface area contributed by atoms with E-state index < -0.39 is 22.0 Å². The molecule has 5 rings (SSSR count). The lowest BCUT2D eigenvalue weighted by Gasteiger charge is -2.35. The maximum Gasteiger partial charge on any atom is 0.244 e. The number of methoxy groups -OCH3 is 1. The lowest BCUT2D eigenvalue weighted by Crippen LogP contribution is -2.47. The Morgan fingerprint density at radius 3 is 2.62 bits per heavy atom. The number of amides is 1. The lowest BCUT2D eigenvalue weighted by atomic mass is 9.94. The van der Waals surface area contributed by atoms with Crippen LogP contribution in [0.2, 0.25) is 15.1 Å². The predicted molar refractivity (Wildman–Crippen MR) is 156 cm³/mol. The Hall–Kier alpha value is -1.92. The highest BCUT2D eigenvalue weighted by Gasteiger charge is 2.44. The minimum Gasteiger partial charge on any atom is -0.385 e. The second-order valence-corrected chi connectivity index (χ2v) is 13.5. The lowest BCUT2D eigenvalue weighted by molar-refractivity contribution is -0.136. The smallest absolute Gasteiger partial charge is 0.244 e. The average molecular weight is 629 g/mol. The maximum absolute atomic E-state index is 13.7. The van der Waals surface area contributed by atoms with E-state index in [2.05, 4.69) is 10.6 Å². The van der Waals surface area contributed by atoms with E-state index in [1.54, 1.807) is 7.11 Å². The van der Waals surface area contributed by atoms with E-state index in [-0.39, 0.29) is 44.9 Å². The number of aromatic nitrogens is 2. The molecule has 1 unspecified atom stereocenters. The molecule has 40 heavy (non-hydrogen) atoms. The molecule has 1 aromatic heterocycles. The largest absolute Gasteiger partial charge is 0.385 e. The number of piperidine rings is 1. The minimum absolute atomic E-state index is 0.00186. The molecule has 13 heteroatoms. The Kier molecular flexibility index (Phi) is 8.97. The normalized spacial score (nSPS) is 22.3.